The highest BCUT2D eigenvalue weighted by atomic mass is 16.7. The molecule has 1 N–H and O–H groups in total. The van der Waals surface area contributed by atoms with Crippen LogP contribution in [0.2, 0.25) is 0 Å². The standard InChI is InChI=1S/C29H37N3O4/c1-18-23(22-14-16-35-27(22)36-18)26(34)32(21-12-10-20(11-13-21)28(2,3)4)24(19-9-8-15-30-17-19)25(33)31-29(5,6)7/h8-13,15,17,22,24,27H,14,16H2,1-7H3,(H,31,33). The zero-order chi connectivity index (χ0) is 26.3. The predicted molar refractivity (Wildman–Crippen MR) is 139 cm³/mol. The van der Waals surface area contributed by atoms with Gasteiger partial charge in [0.25, 0.3) is 5.91 Å². The lowest BCUT2D eigenvalue weighted by Gasteiger charge is -2.34. The van der Waals surface area contributed by atoms with Gasteiger partial charge < -0.3 is 14.8 Å². The molecule has 2 aliphatic rings. The molecule has 4 rings (SSSR count). The van der Waals surface area contributed by atoms with Crippen molar-refractivity contribution in [3.05, 3.63) is 71.3 Å². The Balaban J connectivity index is 1.86. The Bertz CT molecular complexity index is 1140. The first kappa shape index (κ1) is 25.9. The number of hydrogen-bond donors (Lipinski definition) is 1. The van der Waals surface area contributed by atoms with E-state index in [-0.39, 0.29) is 23.1 Å². The lowest BCUT2D eigenvalue weighted by molar-refractivity contribution is -0.126. The van der Waals surface area contributed by atoms with E-state index >= 15 is 0 Å². The van der Waals surface area contributed by atoms with Crippen LogP contribution >= 0.6 is 0 Å². The second kappa shape index (κ2) is 9.69. The van der Waals surface area contributed by atoms with Crippen molar-refractivity contribution in [2.24, 2.45) is 5.92 Å². The molecule has 0 aliphatic carbocycles. The molecule has 1 fully saturated rings. The third kappa shape index (κ3) is 5.31. The van der Waals surface area contributed by atoms with E-state index in [1.807, 2.05) is 51.1 Å². The molecule has 7 nitrogen and oxygen atoms in total. The molecule has 1 aromatic heterocycles. The van der Waals surface area contributed by atoms with Crippen LogP contribution < -0.4 is 10.2 Å². The summed E-state index contributed by atoms with van der Waals surface area (Å²) in [5, 5.41) is 3.07. The molecule has 2 aromatic rings. The Morgan fingerprint density at radius 3 is 2.36 bits per heavy atom. The van der Waals surface area contributed by atoms with E-state index in [1.165, 1.54) is 0 Å². The van der Waals surface area contributed by atoms with Crippen molar-refractivity contribution in [2.45, 2.75) is 78.2 Å². The summed E-state index contributed by atoms with van der Waals surface area (Å²) >= 11 is 0. The number of carbonyl (C=O) groups is 2. The number of hydrogen-bond acceptors (Lipinski definition) is 5. The maximum absolute atomic E-state index is 14.4. The molecule has 1 saturated heterocycles. The molecule has 2 aliphatic heterocycles. The van der Waals surface area contributed by atoms with Crippen LogP contribution in [0.3, 0.4) is 0 Å². The fourth-order valence-electron chi connectivity index (χ4n) is 4.80. The number of nitrogens with one attached hydrogen (secondary N) is 1. The number of aromatic nitrogens is 1. The number of carbonyl (C=O) groups excluding carboxylic acids is 2. The topological polar surface area (TPSA) is 80.8 Å². The number of allylic oxidation sites excluding steroid dienone is 1. The van der Waals surface area contributed by atoms with Crippen LogP contribution in [0.25, 0.3) is 0 Å². The van der Waals surface area contributed by atoms with Crippen LogP contribution in [0.15, 0.2) is 60.1 Å². The summed E-state index contributed by atoms with van der Waals surface area (Å²) in [4.78, 5) is 34.1. The number of rotatable bonds is 5. The van der Waals surface area contributed by atoms with Crippen molar-refractivity contribution in [3.8, 4) is 0 Å². The van der Waals surface area contributed by atoms with Crippen molar-refractivity contribution in [1.82, 2.24) is 10.3 Å². The van der Waals surface area contributed by atoms with Gasteiger partial charge in [0.15, 0.2) is 0 Å². The third-order valence-corrected chi connectivity index (χ3v) is 6.55. The van der Waals surface area contributed by atoms with E-state index in [0.717, 1.165) is 5.56 Å². The van der Waals surface area contributed by atoms with E-state index in [2.05, 4.69) is 31.1 Å². The summed E-state index contributed by atoms with van der Waals surface area (Å²) in [5.41, 5.74) is 2.43. The molecule has 7 heteroatoms. The summed E-state index contributed by atoms with van der Waals surface area (Å²) in [7, 11) is 0. The highest BCUT2D eigenvalue weighted by Gasteiger charge is 2.46. The number of benzene rings is 1. The molecule has 0 spiro atoms. The maximum atomic E-state index is 14.4. The van der Waals surface area contributed by atoms with Gasteiger partial charge in [-0.3, -0.25) is 19.5 Å². The van der Waals surface area contributed by atoms with Gasteiger partial charge in [0.2, 0.25) is 12.2 Å². The van der Waals surface area contributed by atoms with Gasteiger partial charge >= 0.3 is 0 Å². The minimum Gasteiger partial charge on any atom is -0.468 e. The summed E-state index contributed by atoms with van der Waals surface area (Å²) in [5.74, 6) is -0.145. The van der Waals surface area contributed by atoms with Crippen LogP contribution in [0.5, 0.6) is 0 Å². The van der Waals surface area contributed by atoms with E-state index in [4.69, 9.17) is 9.47 Å². The first-order chi connectivity index (χ1) is 16.9. The van der Waals surface area contributed by atoms with Gasteiger partial charge in [0, 0.05) is 29.2 Å². The van der Waals surface area contributed by atoms with Gasteiger partial charge in [0.1, 0.15) is 11.8 Å². The van der Waals surface area contributed by atoms with Crippen LogP contribution in [-0.4, -0.2) is 35.2 Å². The molecular formula is C29H37N3O4. The van der Waals surface area contributed by atoms with Crippen molar-refractivity contribution in [3.63, 3.8) is 0 Å². The van der Waals surface area contributed by atoms with Crippen LogP contribution in [0.1, 0.15) is 72.1 Å². The van der Waals surface area contributed by atoms with Crippen LogP contribution in [0, 0.1) is 5.92 Å². The fraction of sp³-hybridized carbons (Fsp3) is 0.483. The average molecular weight is 492 g/mol. The highest BCUT2D eigenvalue weighted by Crippen LogP contribution is 2.41. The van der Waals surface area contributed by atoms with E-state index in [9.17, 15) is 9.59 Å². The molecule has 192 valence electrons. The lowest BCUT2D eigenvalue weighted by Crippen LogP contribution is -2.50. The molecule has 0 radical (unpaired) electrons. The Hall–Kier alpha value is -3.19. The van der Waals surface area contributed by atoms with Gasteiger partial charge in [-0.15, -0.1) is 0 Å². The van der Waals surface area contributed by atoms with Crippen molar-refractivity contribution >= 4 is 17.5 Å². The zero-order valence-corrected chi connectivity index (χ0v) is 22.3. The molecular weight excluding hydrogens is 454 g/mol. The molecule has 3 unspecified atom stereocenters. The molecule has 2 amide bonds. The monoisotopic (exact) mass is 491 g/mol. The number of amides is 2. The number of ether oxygens (including phenoxy) is 2. The van der Waals surface area contributed by atoms with Gasteiger partial charge in [0.05, 0.1) is 18.1 Å². The highest BCUT2D eigenvalue weighted by molar-refractivity contribution is 6.10. The van der Waals surface area contributed by atoms with Gasteiger partial charge in [-0.25, -0.2) is 0 Å². The first-order valence-electron chi connectivity index (χ1n) is 12.5. The zero-order valence-electron chi connectivity index (χ0n) is 22.3. The molecule has 1 aromatic carbocycles. The van der Waals surface area contributed by atoms with Gasteiger partial charge in [-0.1, -0.05) is 39.0 Å². The van der Waals surface area contributed by atoms with Crippen LogP contribution in [-0.2, 0) is 24.5 Å². The van der Waals surface area contributed by atoms with E-state index < -0.39 is 17.9 Å². The number of anilines is 1. The second-order valence-electron chi connectivity index (χ2n) is 11.6. The molecule has 0 bridgehead atoms. The summed E-state index contributed by atoms with van der Waals surface area (Å²) in [6.45, 7) is 14.5. The van der Waals surface area contributed by atoms with E-state index in [0.29, 0.717) is 35.6 Å². The minimum atomic E-state index is -0.924. The number of nitrogens with zero attached hydrogens (tertiary/aromatic N) is 2. The quantitative estimate of drug-likeness (QED) is 0.634. The van der Waals surface area contributed by atoms with Gasteiger partial charge in [-0.05, 0) is 63.3 Å². The van der Waals surface area contributed by atoms with Gasteiger partial charge in [-0.2, -0.15) is 0 Å². The molecule has 3 atom stereocenters. The third-order valence-electron chi connectivity index (χ3n) is 6.55. The van der Waals surface area contributed by atoms with E-state index in [1.54, 1.807) is 30.3 Å². The lowest BCUT2D eigenvalue weighted by atomic mass is 9.87. The summed E-state index contributed by atoms with van der Waals surface area (Å²) in [6, 6.07) is 10.6. The smallest absolute Gasteiger partial charge is 0.259 e. The Morgan fingerprint density at radius 2 is 1.78 bits per heavy atom. The van der Waals surface area contributed by atoms with Crippen molar-refractivity contribution < 1.29 is 19.1 Å². The average Bonchev–Trinajstić information content (AvgIpc) is 3.35. The normalized spacial score (nSPS) is 20.5. The summed E-state index contributed by atoms with van der Waals surface area (Å²) < 4.78 is 11.6. The first-order valence-corrected chi connectivity index (χ1v) is 12.5. The number of pyridine rings is 1. The Morgan fingerprint density at radius 1 is 1.08 bits per heavy atom. The predicted octanol–water partition coefficient (Wildman–Crippen LogP) is 5.03. The van der Waals surface area contributed by atoms with Crippen LogP contribution in [0.4, 0.5) is 5.69 Å². The van der Waals surface area contributed by atoms with Crippen molar-refractivity contribution in [2.75, 3.05) is 11.5 Å². The minimum absolute atomic E-state index is 0.0491. The molecule has 3 heterocycles. The molecule has 36 heavy (non-hydrogen) atoms. The second-order valence-corrected chi connectivity index (χ2v) is 11.6. The fourth-order valence-corrected chi connectivity index (χ4v) is 4.80. The summed E-state index contributed by atoms with van der Waals surface area (Å²) in [6.07, 6.45) is 3.55. The Labute approximate surface area is 213 Å². The SMILES string of the molecule is CC1=C(C(=O)N(c2ccc(C(C)(C)C)cc2)C(C(=O)NC(C)(C)C)c2cccnc2)C2CCOC2O1. The maximum Gasteiger partial charge on any atom is 0.259 e. The Kier molecular flexibility index (Phi) is 6.97. The number of fused-ring (bicyclic) bond motifs is 1. The van der Waals surface area contributed by atoms with Crippen molar-refractivity contribution in [1.29, 1.82) is 0 Å². The molecule has 0 saturated carbocycles. The largest absolute Gasteiger partial charge is 0.468 e.